The number of nitrogens with one attached hydrogen (secondary N) is 2. The van der Waals surface area contributed by atoms with Gasteiger partial charge in [-0.15, -0.1) is 0 Å². The van der Waals surface area contributed by atoms with Crippen LogP contribution in [0.2, 0.25) is 0 Å². The lowest BCUT2D eigenvalue weighted by atomic mass is 9.97. The van der Waals surface area contributed by atoms with Crippen LogP contribution in [-0.2, 0) is 14.8 Å². The van der Waals surface area contributed by atoms with Crippen LogP contribution in [0.4, 0.5) is 5.69 Å². The number of sulfonamides is 1. The lowest BCUT2D eigenvalue weighted by Gasteiger charge is -2.30. The molecule has 2 aliphatic rings. The molecule has 2 aromatic carbocycles. The predicted octanol–water partition coefficient (Wildman–Crippen LogP) is 2.82. The summed E-state index contributed by atoms with van der Waals surface area (Å²) in [6, 6.07) is 13.0. The van der Waals surface area contributed by atoms with Gasteiger partial charge in [0.05, 0.1) is 16.1 Å². The van der Waals surface area contributed by atoms with Gasteiger partial charge in [-0.3, -0.25) is 14.4 Å². The smallest absolute Gasteiger partial charge is 0.253 e. The Balaban J connectivity index is 1.37. The van der Waals surface area contributed by atoms with Gasteiger partial charge in [0.2, 0.25) is 15.9 Å². The molecule has 8 nitrogen and oxygen atoms in total. The molecule has 2 N–H and O–H groups in total. The van der Waals surface area contributed by atoms with Crippen molar-refractivity contribution in [3.63, 3.8) is 0 Å². The Hall–Kier alpha value is -3.04. The summed E-state index contributed by atoms with van der Waals surface area (Å²) in [6.45, 7) is 1.87. The molecule has 2 amide bonds. The second kappa shape index (κ2) is 9.44. The normalized spacial score (nSPS) is 17.4. The fourth-order valence-electron chi connectivity index (χ4n) is 3.88. The van der Waals surface area contributed by atoms with Crippen molar-refractivity contribution in [1.82, 2.24) is 9.62 Å². The number of hydrogen-bond donors (Lipinski definition) is 2. The topological polar surface area (TPSA) is 113 Å². The van der Waals surface area contributed by atoms with Gasteiger partial charge in [-0.1, -0.05) is 24.3 Å². The van der Waals surface area contributed by atoms with E-state index in [0.717, 1.165) is 12.8 Å². The number of nitrogens with zero attached hydrogens (tertiary/aromatic N) is 1. The van der Waals surface area contributed by atoms with E-state index >= 15 is 0 Å². The third-order valence-corrected chi connectivity index (χ3v) is 7.98. The first-order valence-electron chi connectivity index (χ1n) is 11.1. The van der Waals surface area contributed by atoms with E-state index in [4.69, 9.17) is 0 Å². The summed E-state index contributed by atoms with van der Waals surface area (Å²) in [7, 11) is -3.70. The molecule has 9 heteroatoms. The first-order valence-corrected chi connectivity index (χ1v) is 12.5. The predicted molar refractivity (Wildman–Crippen MR) is 123 cm³/mol. The zero-order valence-electron chi connectivity index (χ0n) is 18.4. The zero-order valence-corrected chi connectivity index (χ0v) is 19.2. The van der Waals surface area contributed by atoms with E-state index in [1.165, 1.54) is 35.5 Å². The minimum atomic E-state index is -3.70. The Morgan fingerprint density at radius 2 is 1.55 bits per heavy atom. The number of carbonyl (C=O) groups excluding carboxylic acids is 3. The average molecular weight is 470 g/mol. The Kier molecular flexibility index (Phi) is 6.62. The lowest BCUT2D eigenvalue weighted by molar-refractivity contribution is -0.120. The summed E-state index contributed by atoms with van der Waals surface area (Å²) < 4.78 is 27.3. The van der Waals surface area contributed by atoms with Gasteiger partial charge in [-0.05, 0) is 56.9 Å². The summed E-state index contributed by atoms with van der Waals surface area (Å²) in [5, 5.41) is 5.79. The molecule has 1 saturated heterocycles. The quantitative estimate of drug-likeness (QED) is 0.606. The highest BCUT2D eigenvalue weighted by molar-refractivity contribution is 7.89. The molecule has 2 aromatic rings. The maximum absolute atomic E-state index is 12.9. The molecular formula is C24H27N3O5S. The van der Waals surface area contributed by atoms with E-state index in [-0.39, 0.29) is 47.5 Å². The van der Waals surface area contributed by atoms with Crippen molar-refractivity contribution in [2.75, 3.05) is 18.4 Å². The molecule has 0 spiro atoms. The molecule has 174 valence electrons. The number of Topliss-reactive ketones (excluding diaryl/α,β-unsaturated/α-hetero) is 1. The van der Waals surface area contributed by atoms with Crippen LogP contribution in [0.25, 0.3) is 0 Å². The van der Waals surface area contributed by atoms with E-state index in [9.17, 15) is 22.8 Å². The van der Waals surface area contributed by atoms with Crippen molar-refractivity contribution in [3.05, 3.63) is 59.7 Å². The van der Waals surface area contributed by atoms with E-state index in [0.29, 0.717) is 29.7 Å². The van der Waals surface area contributed by atoms with E-state index < -0.39 is 10.0 Å². The number of para-hydroxylation sites is 1. The maximum Gasteiger partial charge on any atom is 0.253 e. The Morgan fingerprint density at radius 1 is 0.909 bits per heavy atom. The third kappa shape index (κ3) is 5.31. The van der Waals surface area contributed by atoms with Crippen molar-refractivity contribution >= 4 is 33.3 Å². The molecule has 1 saturated carbocycles. The van der Waals surface area contributed by atoms with Gasteiger partial charge in [-0.2, -0.15) is 4.31 Å². The van der Waals surface area contributed by atoms with Gasteiger partial charge < -0.3 is 10.6 Å². The molecule has 0 bridgehead atoms. The number of rotatable bonds is 7. The fraction of sp³-hybridized carbons (Fsp3) is 0.375. The van der Waals surface area contributed by atoms with Crippen LogP contribution in [0.3, 0.4) is 0 Å². The largest absolute Gasteiger partial charge is 0.349 e. The molecule has 4 rings (SSSR count). The van der Waals surface area contributed by atoms with Gasteiger partial charge in [0.15, 0.2) is 5.78 Å². The van der Waals surface area contributed by atoms with Crippen LogP contribution in [0.5, 0.6) is 0 Å². The van der Waals surface area contributed by atoms with Crippen molar-refractivity contribution in [2.45, 2.75) is 43.5 Å². The lowest BCUT2D eigenvalue weighted by Crippen LogP contribution is -2.41. The SMILES string of the molecule is CC(=O)c1ccc(S(=O)(=O)N2CCC(C(=O)Nc3ccccc3C(=O)NC3CC3)CC2)cc1. The molecule has 33 heavy (non-hydrogen) atoms. The minimum absolute atomic E-state index is 0.127. The van der Waals surface area contributed by atoms with Crippen LogP contribution < -0.4 is 10.6 Å². The number of carbonyl (C=O) groups is 3. The van der Waals surface area contributed by atoms with Crippen molar-refractivity contribution in [3.8, 4) is 0 Å². The number of piperidine rings is 1. The molecule has 1 heterocycles. The van der Waals surface area contributed by atoms with Gasteiger partial charge in [0.1, 0.15) is 0 Å². The van der Waals surface area contributed by atoms with Crippen LogP contribution in [0, 0.1) is 5.92 Å². The number of hydrogen-bond acceptors (Lipinski definition) is 5. The highest BCUT2D eigenvalue weighted by Gasteiger charge is 2.32. The number of amides is 2. The Morgan fingerprint density at radius 3 is 2.15 bits per heavy atom. The van der Waals surface area contributed by atoms with Crippen molar-refractivity contribution in [2.24, 2.45) is 5.92 Å². The summed E-state index contributed by atoms with van der Waals surface area (Å²) in [4.78, 5) is 36.9. The standard InChI is InChI=1S/C24H27N3O5S/c1-16(28)17-6-10-20(11-7-17)33(31,32)27-14-12-18(13-15-27)23(29)26-22-5-3-2-4-21(22)24(30)25-19-8-9-19/h2-7,10-11,18-19H,8-9,12-15H2,1H3,(H,25,30)(H,26,29). The highest BCUT2D eigenvalue weighted by Crippen LogP contribution is 2.26. The Bertz CT molecular complexity index is 1160. The monoisotopic (exact) mass is 469 g/mol. The van der Waals surface area contributed by atoms with Gasteiger partial charge in [0, 0.05) is 30.6 Å². The highest BCUT2D eigenvalue weighted by atomic mass is 32.2. The summed E-state index contributed by atoms with van der Waals surface area (Å²) >= 11 is 0. The molecular weight excluding hydrogens is 442 g/mol. The van der Waals surface area contributed by atoms with Gasteiger partial charge >= 0.3 is 0 Å². The molecule has 0 radical (unpaired) electrons. The number of anilines is 1. The number of benzene rings is 2. The number of ketones is 1. The second-order valence-electron chi connectivity index (χ2n) is 8.54. The summed E-state index contributed by atoms with van der Waals surface area (Å²) in [5.74, 6) is -0.900. The molecule has 1 aliphatic carbocycles. The van der Waals surface area contributed by atoms with Crippen LogP contribution in [-0.4, -0.2) is 49.5 Å². The first kappa shape index (κ1) is 23.1. The molecule has 1 aliphatic heterocycles. The van der Waals surface area contributed by atoms with E-state index in [1.807, 2.05) is 0 Å². The summed E-state index contributed by atoms with van der Waals surface area (Å²) in [6.07, 6.45) is 2.71. The van der Waals surface area contributed by atoms with E-state index in [1.54, 1.807) is 24.3 Å². The molecule has 2 fully saturated rings. The average Bonchev–Trinajstić information content (AvgIpc) is 3.63. The minimum Gasteiger partial charge on any atom is -0.349 e. The Labute approximate surface area is 193 Å². The maximum atomic E-state index is 12.9. The zero-order chi connectivity index (χ0) is 23.6. The van der Waals surface area contributed by atoms with Crippen LogP contribution in [0.15, 0.2) is 53.4 Å². The van der Waals surface area contributed by atoms with Crippen LogP contribution >= 0.6 is 0 Å². The van der Waals surface area contributed by atoms with Crippen LogP contribution in [0.1, 0.15) is 53.3 Å². The molecule has 0 unspecified atom stereocenters. The molecule has 0 atom stereocenters. The van der Waals surface area contributed by atoms with Gasteiger partial charge in [-0.25, -0.2) is 8.42 Å². The second-order valence-corrected chi connectivity index (χ2v) is 10.5. The first-order chi connectivity index (χ1) is 15.8. The van der Waals surface area contributed by atoms with E-state index in [2.05, 4.69) is 10.6 Å². The molecule has 0 aromatic heterocycles. The van der Waals surface area contributed by atoms with Gasteiger partial charge in [0.25, 0.3) is 5.91 Å². The third-order valence-electron chi connectivity index (χ3n) is 6.07. The van der Waals surface area contributed by atoms with Crippen molar-refractivity contribution in [1.29, 1.82) is 0 Å². The van der Waals surface area contributed by atoms with Crippen molar-refractivity contribution < 1.29 is 22.8 Å². The summed E-state index contributed by atoms with van der Waals surface area (Å²) in [5.41, 5.74) is 1.34. The fourth-order valence-corrected chi connectivity index (χ4v) is 5.35.